The Kier molecular flexibility index (Phi) is 5.23. The van der Waals surface area contributed by atoms with E-state index < -0.39 is 0 Å². The third kappa shape index (κ3) is 3.74. The molecule has 0 spiro atoms. The van der Waals surface area contributed by atoms with Gasteiger partial charge in [-0.25, -0.2) is 4.98 Å². The highest BCUT2D eigenvalue weighted by atomic mass is 79.9. The topological polar surface area (TPSA) is 22.1 Å². The third-order valence-corrected chi connectivity index (χ3v) is 4.99. The Hall–Kier alpha value is -0.710. The number of halogens is 1. The zero-order chi connectivity index (χ0) is 15.6. The summed E-state index contributed by atoms with van der Waals surface area (Å²) in [5.41, 5.74) is 2.23. The second-order valence-corrected chi connectivity index (χ2v) is 8.23. The lowest BCUT2D eigenvalue weighted by molar-refractivity contribution is -0.0133. The van der Waals surface area contributed by atoms with Crippen molar-refractivity contribution in [3.05, 3.63) is 38.6 Å². The summed E-state index contributed by atoms with van der Waals surface area (Å²) in [4.78, 5) is 6.12. The SMILES string of the molecule is CCOC(c1nc(-c2ccccc2Br)c(C)s1)C(C)(C)C. The van der Waals surface area contributed by atoms with E-state index >= 15 is 0 Å². The Bertz CT molecular complexity index is 615. The van der Waals surface area contributed by atoms with Gasteiger partial charge in [-0.2, -0.15) is 0 Å². The molecule has 0 aliphatic carbocycles. The summed E-state index contributed by atoms with van der Waals surface area (Å²) in [7, 11) is 0. The van der Waals surface area contributed by atoms with Crippen LogP contribution >= 0.6 is 27.3 Å². The maximum Gasteiger partial charge on any atom is 0.123 e. The van der Waals surface area contributed by atoms with Crippen LogP contribution in [-0.2, 0) is 4.74 Å². The Labute approximate surface area is 139 Å². The van der Waals surface area contributed by atoms with Crippen molar-refractivity contribution in [2.24, 2.45) is 5.41 Å². The summed E-state index contributed by atoms with van der Waals surface area (Å²) in [5, 5.41) is 1.06. The molecule has 4 heteroatoms. The molecule has 2 aromatic rings. The van der Waals surface area contributed by atoms with Crippen molar-refractivity contribution < 1.29 is 4.74 Å². The molecule has 1 aromatic heterocycles. The second kappa shape index (κ2) is 6.59. The fourth-order valence-corrected chi connectivity index (χ4v) is 3.99. The third-order valence-electron chi connectivity index (χ3n) is 3.29. The van der Waals surface area contributed by atoms with Gasteiger partial charge < -0.3 is 4.74 Å². The van der Waals surface area contributed by atoms with E-state index in [2.05, 4.69) is 55.8 Å². The van der Waals surface area contributed by atoms with E-state index in [1.807, 2.05) is 19.1 Å². The van der Waals surface area contributed by atoms with Crippen molar-refractivity contribution in [1.82, 2.24) is 4.98 Å². The molecule has 0 aliphatic rings. The predicted molar refractivity (Wildman–Crippen MR) is 93.8 cm³/mol. The maximum absolute atomic E-state index is 5.96. The van der Waals surface area contributed by atoms with Crippen molar-refractivity contribution in [2.45, 2.75) is 40.7 Å². The molecule has 0 N–H and O–H groups in total. The van der Waals surface area contributed by atoms with E-state index in [0.717, 1.165) is 20.7 Å². The van der Waals surface area contributed by atoms with Crippen molar-refractivity contribution in [2.75, 3.05) is 6.61 Å². The summed E-state index contributed by atoms with van der Waals surface area (Å²) in [6.07, 6.45) is 0.0300. The van der Waals surface area contributed by atoms with Crippen LogP contribution in [0.25, 0.3) is 11.3 Å². The monoisotopic (exact) mass is 367 g/mol. The van der Waals surface area contributed by atoms with E-state index in [1.165, 1.54) is 4.88 Å². The number of aromatic nitrogens is 1. The first-order valence-electron chi connectivity index (χ1n) is 7.18. The van der Waals surface area contributed by atoms with E-state index in [4.69, 9.17) is 9.72 Å². The highest BCUT2D eigenvalue weighted by Crippen LogP contribution is 2.41. The molecule has 1 heterocycles. The number of thiazole rings is 1. The molecule has 114 valence electrons. The summed E-state index contributed by atoms with van der Waals surface area (Å²) in [6, 6.07) is 8.22. The number of ether oxygens (including phenoxy) is 1. The van der Waals surface area contributed by atoms with Gasteiger partial charge in [-0.15, -0.1) is 11.3 Å². The van der Waals surface area contributed by atoms with Crippen LogP contribution in [0, 0.1) is 12.3 Å². The smallest absolute Gasteiger partial charge is 0.123 e. The Balaban J connectivity index is 2.45. The first-order chi connectivity index (χ1) is 9.84. The van der Waals surface area contributed by atoms with Gasteiger partial charge in [0, 0.05) is 21.5 Å². The zero-order valence-corrected chi connectivity index (χ0v) is 15.6. The fourth-order valence-electron chi connectivity index (χ4n) is 2.29. The van der Waals surface area contributed by atoms with Crippen LogP contribution in [-0.4, -0.2) is 11.6 Å². The normalized spacial score (nSPS) is 13.4. The number of hydrogen-bond acceptors (Lipinski definition) is 3. The fraction of sp³-hybridized carbons (Fsp3) is 0.471. The molecule has 0 radical (unpaired) electrons. The average molecular weight is 368 g/mol. The maximum atomic E-state index is 5.96. The molecule has 0 saturated carbocycles. The van der Waals surface area contributed by atoms with Gasteiger partial charge in [-0.1, -0.05) is 54.9 Å². The van der Waals surface area contributed by atoms with Crippen molar-refractivity contribution in [3.63, 3.8) is 0 Å². The molecular weight excluding hydrogens is 346 g/mol. The Morgan fingerprint density at radius 3 is 2.52 bits per heavy atom. The number of rotatable bonds is 4. The van der Waals surface area contributed by atoms with Crippen molar-refractivity contribution >= 4 is 27.3 Å². The number of aryl methyl sites for hydroxylation is 1. The van der Waals surface area contributed by atoms with Crippen LogP contribution in [0.15, 0.2) is 28.7 Å². The minimum Gasteiger partial charge on any atom is -0.371 e. The largest absolute Gasteiger partial charge is 0.371 e. The molecule has 2 nitrogen and oxygen atoms in total. The van der Waals surface area contributed by atoms with Crippen LogP contribution < -0.4 is 0 Å². The molecule has 1 unspecified atom stereocenters. The van der Waals surface area contributed by atoms with Gasteiger partial charge >= 0.3 is 0 Å². The molecule has 0 fully saturated rings. The lowest BCUT2D eigenvalue weighted by Crippen LogP contribution is -2.21. The Morgan fingerprint density at radius 2 is 1.95 bits per heavy atom. The van der Waals surface area contributed by atoms with Crippen LogP contribution in [0.1, 0.15) is 43.7 Å². The molecule has 0 bridgehead atoms. The second-order valence-electron chi connectivity index (χ2n) is 6.14. The van der Waals surface area contributed by atoms with Gasteiger partial charge in [0.05, 0.1) is 5.69 Å². The summed E-state index contributed by atoms with van der Waals surface area (Å²) in [5.74, 6) is 0. The van der Waals surface area contributed by atoms with E-state index in [0.29, 0.717) is 6.61 Å². The highest BCUT2D eigenvalue weighted by Gasteiger charge is 2.30. The van der Waals surface area contributed by atoms with Gasteiger partial charge in [0.15, 0.2) is 0 Å². The minimum atomic E-state index is 0.0300. The van der Waals surface area contributed by atoms with Gasteiger partial charge in [-0.05, 0) is 25.3 Å². The van der Waals surface area contributed by atoms with Crippen molar-refractivity contribution in [3.8, 4) is 11.3 Å². The molecular formula is C17H22BrNOS. The van der Waals surface area contributed by atoms with E-state index in [9.17, 15) is 0 Å². The molecule has 1 atom stereocenters. The minimum absolute atomic E-state index is 0.0300. The van der Waals surface area contributed by atoms with E-state index in [1.54, 1.807) is 11.3 Å². The molecule has 0 saturated heterocycles. The lowest BCUT2D eigenvalue weighted by atomic mass is 9.89. The number of hydrogen-bond donors (Lipinski definition) is 0. The van der Waals surface area contributed by atoms with Crippen LogP contribution in [0.2, 0.25) is 0 Å². The molecule has 0 amide bonds. The Morgan fingerprint density at radius 1 is 1.29 bits per heavy atom. The highest BCUT2D eigenvalue weighted by molar-refractivity contribution is 9.10. The van der Waals surface area contributed by atoms with Gasteiger partial charge in [0.1, 0.15) is 11.1 Å². The summed E-state index contributed by atoms with van der Waals surface area (Å²) in [6.45, 7) is 11.5. The number of benzene rings is 1. The number of nitrogens with zero attached hydrogens (tertiary/aromatic N) is 1. The van der Waals surface area contributed by atoms with E-state index in [-0.39, 0.29) is 11.5 Å². The molecule has 0 aliphatic heterocycles. The van der Waals surface area contributed by atoms with Crippen LogP contribution in [0.5, 0.6) is 0 Å². The zero-order valence-electron chi connectivity index (χ0n) is 13.2. The molecule has 1 aromatic carbocycles. The first-order valence-corrected chi connectivity index (χ1v) is 8.79. The summed E-state index contributed by atoms with van der Waals surface area (Å²) >= 11 is 5.35. The summed E-state index contributed by atoms with van der Waals surface area (Å²) < 4.78 is 7.04. The van der Waals surface area contributed by atoms with Gasteiger partial charge in [-0.3, -0.25) is 0 Å². The van der Waals surface area contributed by atoms with Crippen molar-refractivity contribution in [1.29, 1.82) is 0 Å². The quantitative estimate of drug-likeness (QED) is 0.660. The molecule has 21 heavy (non-hydrogen) atoms. The average Bonchev–Trinajstić information content (AvgIpc) is 2.76. The standard InChI is InChI=1S/C17H22BrNOS/c1-6-20-15(17(3,4)5)16-19-14(11(2)21-16)12-9-7-8-10-13(12)18/h7-10,15H,6H2,1-5H3. The predicted octanol–water partition coefficient (Wildman–Crippen LogP) is 6.00. The first kappa shape index (κ1) is 16.7. The van der Waals surface area contributed by atoms with Gasteiger partial charge in [0.2, 0.25) is 0 Å². The van der Waals surface area contributed by atoms with Gasteiger partial charge in [0.25, 0.3) is 0 Å². The lowest BCUT2D eigenvalue weighted by Gasteiger charge is -2.28. The van der Waals surface area contributed by atoms with Crippen LogP contribution in [0.4, 0.5) is 0 Å². The molecule has 2 rings (SSSR count). The van der Waals surface area contributed by atoms with Crippen LogP contribution in [0.3, 0.4) is 0 Å².